The van der Waals surface area contributed by atoms with Gasteiger partial charge in [0.2, 0.25) is 12.7 Å². The Morgan fingerprint density at radius 1 is 1.04 bits per heavy atom. The number of amides is 2. The molecule has 2 amide bonds. The van der Waals surface area contributed by atoms with Crippen LogP contribution in [0.2, 0.25) is 0 Å². The molecule has 0 radical (unpaired) electrons. The normalized spacial score (nSPS) is 11.7. The minimum absolute atomic E-state index is 0.149. The van der Waals surface area contributed by atoms with Gasteiger partial charge in [-0.05, 0) is 30.3 Å². The number of carbonyl (C=O) groups is 2. The number of hydrogen-bond donors (Lipinski definition) is 1. The summed E-state index contributed by atoms with van der Waals surface area (Å²) in [7, 11) is 3.08. The van der Waals surface area contributed by atoms with Crippen LogP contribution in [0, 0.1) is 0 Å². The molecule has 0 aliphatic carbocycles. The van der Waals surface area contributed by atoms with Gasteiger partial charge in [-0.1, -0.05) is 0 Å². The van der Waals surface area contributed by atoms with E-state index in [1.54, 1.807) is 48.4 Å². The molecule has 28 heavy (non-hydrogen) atoms. The number of carbonyl (C=O) groups excluding carboxylic acids is 2. The van der Waals surface area contributed by atoms with Crippen molar-refractivity contribution in [3.63, 3.8) is 0 Å². The Bertz CT molecular complexity index is 883. The summed E-state index contributed by atoms with van der Waals surface area (Å²) in [6, 6.07) is 10.2. The Morgan fingerprint density at radius 2 is 1.79 bits per heavy atom. The molecule has 8 heteroatoms. The highest BCUT2D eigenvalue weighted by Gasteiger charge is 2.17. The molecule has 0 saturated carbocycles. The van der Waals surface area contributed by atoms with Crippen molar-refractivity contribution in [2.24, 2.45) is 0 Å². The van der Waals surface area contributed by atoms with E-state index in [4.69, 9.17) is 18.9 Å². The summed E-state index contributed by atoms with van der Waals surface area (Å²) >= 11 is 0. The summed E-state index contributed by atoms with van der Waals surface area (Å²) in [5.74, 6) is 1.86. The fraction of sp³-hybridized carbons (Fsp3) is 0.300. The van der Waals surface area contributed by atoms with Crippen LogP contribution in [0.5, 0.6) is 23.0 Å². The molecule has 1 aliphatic heterocycles. The number of rotatable bonds is 7. The Balaban J connectivity index is 1.64. The summed E-state index contributed by atoms with van der Waals surface area (Å²) in [6.45, 7) is 2.21. The quantitative estimate of drug-likeness (QED) is 0.785. The fourth-order valence-corrected chi connectivity index (χ4v) is 2.88. The van der Waals surface area contributed by atoms with Gasteiger partial charge >= 0.3 is 0 Å². The van der Waals surface area contributed by atoms with Gasteiger partial charge in [-0.2, -0.15) is 0 Å². The number of anilines is 1. The molecule has 0 unspecified atom stereocenters. The Labute approximate surface area is 162 Å². The highest BCUT2D eigenvalue weighted by molar-refractivity contribution is 5.95. The molecule has 0 bridgehead atoms. The second-order valence-electron chi connectivity index (χ2n) is 6.03. The highest BCUT2D eigenvalue weighted by Crippen LogP contribution is 2.33. The van der Waals surface area contributed by atoms with Crippen molar-refractivity contribution in [2.45, 2.75) is 6.92 Å². The predicted octanol–water partition coefficient (Wildman–Crippen LogP) is 2.22. The maximum atomic E-state index is 12.4. The summed E-state index contributed by atoms with van der Waals surface area (Å²) in [6.07, 6.45) is 0. The molecule has 8 nitrogen and oxygen atoms in total. The van der Waals surface area contributed by atoms with Gasteiger partial charge in [-0.3, -0.25) is 9.59 Å². The minimum Gasteiger partial charge on any atom is -0.493 e. The van der Waals surface area contributed by atoms with Crippen molar-refractivity contribution in [1.29, 1.82) is 0 Å². The van der Waals surface area contributed by atoms with Gasteiger partial charge in [-0.25, -0.2) is 0 Å². The van der Waals surface area contributed by atoms with E-state index >= 15 is 0 Å². The summed E-state index contributed by atoms with van der Waals surface area (Å²) in [4.78, 5) is 26.0. The van der Waals surface area contributed by atoms with Crippen LogP contribution in [0.3, 0.4) is 0 Å². The molecule has 0 saturated heterocycles. The fourth-order valence-electron chi connectivity index (χ4n) is 2.88. The van der Waals surface area contributed by atoms with Gasteiger partial charge in [0.1, 0.15) is 0 Å². The van der Waals surface area contributed by atoms with Crippen molar-refractivity contribution in [3.05, 3.63) is 42.0 Å². The second-order valence-corrected chi connectivity index (χ2v) is 6.03. The monoisotopic (exact) mass is 386 g/mol. The average molecular weight is 386 g/mol. The van der Waals surface area contributed by atoms with Crippen LogP contribution in [-0.2, 0) is 4.79 Å². The molecule has 1 aliphatic rings. The zero-order chi connectivity index (χ0) is 20.1. The van der Waals surface area contributed by atoms with Crippen LogP contribution in [0.1, 0.15) is 17.3 Å². The smallest absolute Gasteiger partial charge is 0.251 e. The molecule has 0 aromatic heterocycles. The largest absolute Gasteiger partial charge is 0.493 e. The molecule has 1 N–H and O–H groups in total. The molecule has 1 heterocycles. The van der Waals surface area contributed by atoms with Crippen LogP contribution >= 0.6 is 0 Å². The minimum atomic E-state index is -0.255. The summed E-state index contributed by atoms with van der Waals surface area (Å²) in [5.41, 5.74) is 1.12. The first-order valence-corrected chi connectivity index (χ1v) is 8.71. The Kier molecular flexibility index (Phi) is 5.88. The number of benzene rings is 2. The van der Waals surface area contributed by atoms with Gasteiger partial charge in [0, 0.05) is 37.3 Å². The topological polar surface area (TPSA) is 86.3 Å². The van der Waals surface area contributed by atoms with Crippen LogP contribution < -0.4 is 29.2 Å². The molecule has 2 aromatic carbocycles. The third-order valence-electron chi connectivity index (χ3n) is 4.31. The number of nitrogens with one attached hydrogen (secondary N) is 1. The molecule has 148 valence electrons. The molecule has 0 atom stereocenters. The first kappa shape index (κ1) is 19.3. The van der Waals surface area contributed by atoms with Gasteiger partial charge in [0.25, 0.3) is 5.91 Å². The molecule has 2 aromatic rings. The van der Waals surface area contributed by atoms with E-state index in [2.05, 4.69) is 5.32 Å². The Hall–Kier alpha value is -3.42. The van der Waals surface area contributed by atoms with Gasteiger partial charge in [-0.15, -0.1) is 0 Å². The van der Waals surface area contributed by atoms with E-state index in [0.29, 0.717) is 40.8 Å². The number of hydrogen-bond acceptors (Lipinski definition) is 6. The van der Waals surface area contributed by atoms with Crippen LogP contribution in [0.25, 0.3) is 0 Å². The first-order valence-electron chi connectivity index (χ1n) is 8.71. The van der Waals surface area contributed by atoms with Crippen LogP contribution in [0.4, 0.5) is 5.69 Å². The molecule has 3 rings (SSSR count). The second kappa shape index (κ2) is 8.51. The van der Waals surface area contributed by atoms with Gasteiger partial charge < -0.3 is 29.2 Å². The van der Waals surface area contributed by atoms with Crippen molar-refractivity contribution in [2.75, 3.05) is 39.0 Å². The number of fused-ring (bicyclic) bond motifs is 1. The zero-order valence-electron chi connectivity index (χ0n) is 16.0. The molecule has 0 spiro atoms. The van der Waals surface area contributed by atoms with Gasteiger partial charge in [0.05, 0.1) is 14.2 Å². The first-order chi connectivity index (χ1) is 13.5. The lowest BCUT2D eigenvalue weighted by atomic mass is 10.2. The lowest BCUT2D eigenvalue weighted by Crippen LogP contribution is -2.37. The van der Waals surface area contributed by atoms with Crippen molar-refractivity contribution < 1.29 is 28.5 Å². The van der Waals surface area contributed by atoms with Crippen LogP contribution in [0.15, 0.2) is 36.4 Å². The highest BCUT2D eigenvalue weighted by atomic mass is 16.7. The van der Waals surface area contributed by atoms with E-state index in [-0.39, 0.29) is 25.2 Å². The van der Waals surface area contributed by atoms with E-state index in [9.17, 15) is 9.59 Å². The maximum absolute atomic E-state index is 12.4. The lowest BCUT2D eigenvalue weighted by molar-refractivity contribution is -0.116. The summed E-state index contributed by atoms with van der Waals surface area (Å²) in [5, 5.41) is 2.81. The van der Waals surface area contributed by atoms with E-state index in [1.807, 2.05) is 0 Å². The molecule has 0 fully saturated rings. The average Bonchev–Trinajstić information content (AvgIpc) is 3.18. The third kappa shape index (κ3) is 4.11. The van der Waals surface area contributed by atoms with Gasteiger partial charge in [0.15, 0.2) is 23.0 Å². The number of nitrogens with zero attached hydrogens (tertiary/aromatic N) is 1. The van der Waals surface area contributed by atoms with Crippen molar-refractivity contribution in [3.8, 4) is 23.0 Å². The lowest BCUT2D eigenvalue weighted by Gasteiger charge is -2.22. The number of methoxy groups -OCH3 is 2. The molecular weight excluding hydrogens is 364 g/mol. The standard InChI is InChI=1S/C20H22N2O6/c1-13(23)22(15-5-7-16(25-2)18(11-15)26-3)9-8-21-20(24)14-4-6-17-19(10-14)28-12-27-17/h4-7,10-11H,8-9,12H2,1-3H3,(H,21,24). The number of ether oxygens (including phenoxy) is 4. The van der Waals surface area contributed by atoms with E-state index in [1.165, 1.54) is 14.0 Å². The molecular formula is C20H22N2O6. The van der Waals surface area contributed by atoms with E-state index in [0.717, 1.165) is 0 Å². The maximum Gasteiger partial charge on any atom is 0.251 e. The van der Waals surface area contributed by atoms with Crippen molar-refractivity contribution in [1.82, 2.24) is 5.32 Å². The third-order valence-corrected chi connectivity index (χ3v) is 4.31. The SMILES string of the molecule is COc1ccc(N(CCNC(=O)c2ccc3c(c2)OCO3)C(C)=O)cc1OC. The van der Waals surface area contributed by atoms with E-state index < -0.39 is 0 Å². The summed E-state index contributed by atoms with van der Waals surface area (Å²) < 4.78 is 21.0. The van der Waals surface area contributed by atoms with Crippen molar-refractivity contribution >= 4 is 17.5 Å². The Morgan fingerprint density at radius 3 is 2.50 bits per heavy atom. The zero-order valence-corrected chi connectivity index (χ0v) is 16.0. The van der Waals surface area contributed by atoms with Crippen LogP contribution in [-0.4, -0.2) is 45.9 Å². The predicted molar refractivity (Wildman–Crippen MR) is 102 cm³/mol.